The summed E-state index contributed by atoms with van der Waals surface area (Å²) in [6.45, 7) is 9.04. The molecule has 4 aromatic rings. The average Bonchev–Trinajstić information content (AvgIpc) is 3.28. The number of hydrogen-bond donors (Lipinski definition) is 2. The average molecular weight is 565 g/mol. The minimum Gasteiger partial charge on any atom is -0.481 e. The van der Waals surface area contributed by atoms with Crippen molar-refractivity contribution in [2.24, 2.45) is 0 Å². The van der Waals surface area contributed by atoms with Crippen LogP contribution >= 0.6 is 22.9 Å². The Labute approximate surface area is 237 Å². The number of nitrogens with zero attached hydrogens (tertiary/aromatic N) is 4. The Morgan fingerprint density at radius 3 is 2.46 bits per heavy atom. The summed E-state index contributed by atoms with van der Waals surface area (Å²) >= 11 is 7.65. The van der Waals surface area contributed by atoms with Crippen molar-refractivity contribution in [2.75, 3.05) is 20.1 Å². The first kappa shape index (κ1) is 28.8. The molecule has 0 radical (unpaired) electrons. The predicted molar refractivity (Wildman–Crippen MR) is 159 cm³/mol. The minimum absolute atomic E-state index is 0.0623. The third-order valence-corrected chi connectivity index (χ3v) is 7.41. The summed E-state index contributed by atoms with van der Waals surface area (Å²) in [5.41, 5.74) is 5.76. The van der Waals surface area contributed by atoms with Gasteiger partial charge in [0.2, 0.25) is 0 Å². The maximum absolute atomic E-state index is 11.7. The van der Waals surface area contributed by atoms with E-state index in [0.717, 1.165) is 74.1 Å². The summed E-state index contributed by atoms with van der Waals surface area (Å²) in [6, 6.07) is 11.3. The van der Waals surface area contributed by atoms with Gasteiger partial charge in [0.25, 0.3) is 0 Å². The second kappa shape index (κ2) is 11.9. The monoisotopic (exact) mass is 564 g/mol. The first-order valence-corrected chi connectivity index (χ1v) is 13.9. The van der Waals surface area contributed by atoms with Gasteiger partial charge in [-0.3, -0.25) is 4.79 Å². The van der Waals surface area contributed by atoms with E-state index in [2.05, 4.69) is 23.0 Å². The molecule has 0 fully saturated rings. The normalized spacial score (nSPS) is 14.1. The molecule has 2 aromatic heterocycles. The molecule has 5 rings (SSSR count). The summed E-state index contributed by atoms with van der Waals surface area (Å²) in [5.74, 6) is -0.125. The van der Waals surface area contributed by atoms with E-state index in [0.29, 0.717) is 5.02 Å². The van der Waals surface area contributed by atoms with Crippen LogP contribution in [0.3, 0.4) is 0 Å². The van der Waals surface area contributed by atoms with Crippen molar-refractivity contribution in [3.05, 3.63) is 70.6 Å². The molecule has 0 saturated heterocycles. The number of aryl methyl sites for hydroxylation is 1. The van der Waals surface area contributed by atoms with E-state index >= 15 is 0 Å². The zero-order valence-corrected chi connectivity index (χ0v) is 24.4. The Hall–Kier alpha value is -3.17. The fourth-order valence-electron chi connectivity index (χ4n) is 4.25. The summed E-state index contributed by atoms with van der Waals surface area (Å²) < 4.78 is 0.942. The molecular formula is C30H33ClN4O3S. The van der Waals surface area contributed by atoms with Gasteiger partial charge in [0, 0.05) is 29.9 Å². The Bertz CT molecular complexity index is 1520. The summed E-state index contributed by atoms with van der Waals surface area (Å²) in [6.07, 6.45) is 4.82. The highest BCUT2D eigenvalue weighted by atomic mass is 35.5. The highest BCUT2D eigenvalue weighted by Crippen LogP contribution is 2.40. The molecule has 0 aliphatic carbocycles. The summed E-state index contributed by atoms with van der Waals surface area (Å²) in [5, 5.41) is 19.5. The minimum atomic E-state index is -0.866. The Morgan fingerprint density at radius 1 is 1.15 bits per heavy atom. The van der Waals surface area contributed by atoms with Crippen LogP contribution in [0.15, 0.2) is 48.7 Å². The highest BCUT2D eigenvalue weighted by Gasteiger charge is 2.20. The SMILES string of the molecule is CC(C)(C)O.Cc1cc2nc(-c3ccnc(C4=CCN(C)CC4)n3)sc2c(-c2ccc(Cl)cc2)c1CC(=O)O. The van der Waals surface area contributed by atoms with Gasteiger partial charge in [-0.1, -0.05) is 29.8 Å². The zero-order valence-electron chi connectivity index (χ0n) is 22.8. The van der Waals surface area contributed by atoms with Crippen molar-refractivity contribution in [3.8, 4) is 21.8 Å². The van der Waals surface area contributed by atoms with Crippen LogP contribution in [-0.4, -0.2) is 61.8 Å². The molecule has 0 atom stereocenters. The summed E-state index contributed by atoms with van der Waals surface area (Å²) in [7, 11) is 2.10. The molecule has 3 heterocycles. The van der Waals surface area contributed by atoms with Gasteiger partial charge in [-0.2, -0.15) is 0 Å². The van der Waals surface area contributed by atoms with E-state index in [1.165, 1.54) is 11.3 Å². The lowest BCUT2D eigenvalue weighted by molar-refractivity contribution is -0.136. The molecule has 1 aliphatic heterocycles. The lowest BCUT2D eigenvalue weighted by Gasteiger charge is -2.21. The number of carbonyl (C=O) groups is 1. The van der Waals surface area contributed by atoms with E-state index < -0.39 is 11.6 Å². The molecule has 0 saturated carbocycles. The van der Waals surface area contributed by atoms with Gasteiger partial charge in [0.05, 0.1) is 22.2 Å². The first-order chi connectivity index (χ1) is 18.4. The lowest BCUT2D eigenvalue weighted by atomic mass is 9.93. The quantitative estimate of drug-likeness (QED) is 0.285. The van der Waals surface area contributed by atoms with Crippen LogP contribution < -0.4 is 0 Å². The third-order valence-electron chi connectivity index (χ3n) is 6.05. The zero-order chi connectivity index (χ0) is 28.3. The third kappa shape index (κ3) is 7.48. The van der Waals surface area contributed by atoms with E-state index in [1.807, 2.05) is 43.3 Å². The smallest absolute Gasteiger partial charge is 0.307 e. The molecule has 0 amide bonds. The molecule has 9 heteroatoms. The number of halogens is 1. The van der Waals surface area contributed by atoms with Gasteiger partial charge >= 0.3 is 5.97 Å². The van der Waals surface area contributed by atoms with E-state index in [4.69, 9.17) is 26.7 Å². The molecule has 1 aliphatic rings. The molecular weight excluding hydrogens is 532 g/mol. The number of hydrogen-bond acceptors (Lipinski definition) is 7. The number of benzene rings is 2. The van der Waals surface area contributed by atoms with E-state index in [-0.39, 0.29) is 6.42 Å². The lowest BCUT2D eigenvalue weighted by Crippen LogP contribution is -2.24. The van der Waals surface area contributed by atoms with Crippen LogP contribution in [-0.2, 0) is 11.2 Å². The molecule has 0 bridgehead atoms. The van der Waals surface area contributed by atoms with Crippen molar-refractivity contribution in [2.45, 2.75) is 46.1 Å². The standard InChI is InChI=1S/C26H23ClN4O2S.C4H10O/c1-15-13-21-24(23(19(15)14-22(32)33)16-3-5-18(27)6-4-16)34-26(30-21)20-7-10-28-25(29-20)17-8-11-31(2)12-9-17;1-4(2,3)5/h3-8,10,13H,9,11-12,14H2,1-2H3,(H,32,33);5H,1-3H3. The topological polar surface area (TPSA) is 99.4 Å². The molecule has 2 N–H and O–H groups in total. The Kier molecular flexibility index (Phi) is 8.81. The number of carboxylic acid groups (broad SMARTS) is 1. The van der Waals surface area contributed by atoms with Gasteiger partial charge in [-0.25, -0.2) is 15.0 Å². The Morgan fingerprint density at radius 2 is 1.85 bits per heavy atom. The number of likely N-dealkylation sites (N-methyl/N-ethyl adjacent to an activating group) is 1. The Balaban J connectivity index is 0.000000648. The van der Waals surface area contributed by atoms with Crippen LogP contribution in [0.25, 0.3) is 37.6 Å². The van der Waals surface area contributed by atoms with Gasteiger partial charge in [-0.15, -0.1) is 11.3 Å². The van der Waals surface area contributed by atoms with Crippen molar-refractivity contribution in [1.29, 1.82) is 0 Å². The number of fused-ring (bicyclic) bond motifs is 1. The van der Waals surface area contributed by atoms with Gasteiger partial charge < -0.3 is 15.1 Å². The number of aliphatic carboxylic acids is 1. The largest absolute Gasteiger partial charge is 0.481 e. The van der Waals surface area contributed by atoms with Crippen molar-refractivity contribution < 1.29 is 15.0 Å². The molecule has 0 spiro atoms. The van der Waals surface area contributed by atoms with Crippen molar-refractivity contribution >= 4 is 44.7 Å². The fourth-order valence-corrected chi connectivity index (χ4v) is 5.49. The molecule has 2 aromatic carbocycles. The second-order valence-corrected chi connectivity index (χ2v) is 12.1. The van der Waals surface area contributed by atoms with E-state index in [1.54, 1.807) is 27.0 Å². The van der Waals surface area contributed by atoms with E-state index in [9.17, 15) is 9.90 Å². The second-order valence-electron chi connectivity index (χ2n) is 10.7. The highest BCUT2D eigenvalue weighted by molar-refractivity contribution is 7.22. The van der Waals surface area contributed by atoms with Crippen LogP contribution in [0.5, 0.6) is 0 Å². The number of thiazole rings is 1. The van der Waals surface area contributed by atoms with Crippen LogP contribution in [0.2, 0.25) is 5.02 Å². The van der Waals surface area contributed by atoms with Gasteiger partial charge in [-0.05, 0) is 87.7 Å². The summed E-state index contributed by atoms with van der Waals surface area (Å²) in [4.78, 5) is 28.2. The van der Waals surface area contributed by atoms with Crippen molar-refractivity contribution in [1.82, 2.24) is 19.9 Å². The van der Waals surface area contributed by atoms with Crippen LogP contribution in [0.4, 0.5) is 0 Å². The number of aromatic nitrogens is 3. The van der Waals surface area contributed by atoms with Gasteiger partial charge in [0.15, 0.2) is 5.82 Å². The van der Waals surface area contributed by atoms with Crippen LogP contribution in [0.1, 0.15) is 44.1 Å². The maximum Gasteiger partial charge on any atom is 0.307 e. The number of aliphatic hydroxyl groups is 1. The predicted octanol–water partition coefficient (Wildman–Crippen LogP) is 6.51. The maximum atomic E-state index is 11.7. The molecule has 204 valence electrons. The fraction of sp³-hybridized carbons (Fsp3) is 0.333. The van der Waals surface area contributed by atoms with Crippen LogP contribution in [0, 0.1) is 6.92 Å². The first-order valence-electron chi connectivity index (χ1n) is 12.7. The number of rotatable bonds is 5. The molecule has 0 unspecified atom stereocenters. The molecule has 39 heavy (non-hydrogen) atoms. The van der Waals surface area contributed by atoms with Crippen molar-refractivity contribution in [3.63, 3.8) is 0 Å². The molecule has 7 nitrogen and oxygen atoms in total. The van der Waals surface area contributed by atoms with Gasteiger partial charge in [0.1, 0.15) is 10.7 Å². The number of carboxylic acids is 1.